The number of allylic oxidation sites excluding steroid dienone is 1. The number of carbonyl (C=O) groups is 1. The summed E-state index contributed by atoms with van der Waals surface area (Å²) in [5.74, 6) is 2.38. The van der Waals surface area contributed by atoms with E-state index in [9.17, 15) is 9.90 Å². The number of hydrogen-bond donors (Lipinski definition) is 1. The molecule has 0 spiro atoms. The third-order valence-corrected chi connectivity index (χ3v) is 6.73. The molecule has 0 aliphatic carbocycles. The molecular formula is C26H43NO2S. The van der Waals surface area contributed by atoms with Gasteiger partial charge in [-0.3, -0.25) is 0 Å². The molecule has 1 aromatic heterocycles. The molecule has 4 heteroatoms. The fraction of sp³-hybridized carbons (Fsp3) is 0.692. The van der Waals surface area contributed by atoms with Gasteiger partial charge in [0.15, 0.2) is 0 Å². The number of thioether (sulfide) groups is 1. The number of pyridine rings is 1. The molecule has 1 N–H and O–H groups in total. The molecule has 30 heavy (non-hydrogen) atoms. The lowest BCUT2D eigenvalue weighted by molar-refractivity contribution is 0.0692. The number of aromatic nitrogens is 1. The first-order chi connectivity index (χ1) is 14.3. The molecule has 1 heterocycles. The molecule has 0 aliphatic rings. The Kier molecular flexibility index (Phi) is 13.8. The van der Waals surface area contributed by atoms with E-state index in [-0.39, 0.29) is 5.56 Å². The van der Waals surface area contributed by atoms with Crippen LogP contribution in [0.25, 0.3) is 0 Å². The van der Waals surface area contributed by atoms with Gasteiger partial charge < -0.3 is 5.11 Å². The number of hydrogen-bond acceptors (Lipinski definition) is 3. The molecule has 2 unspecified atom stereocenters. The van der Waals surface area contributed by atoms with Gasteiger partial charge >= 0.3 is 5.97 Å². The second kappa shape index (κ2) is 15.5. The van der Waals surface area contributed by atoms with Gasteiger partial charge in [-0.05, 0) is 49.7 Å². The average Bonchev–Trinajstić information content (AvgIpc) is 2.68. The zero-order valence-corrected chi connectivity index (χ0v) is 20.6. The number of carboxylic acids is 1. The SMILES string of the molecule is C/C(=C\CSc1ncccc1C(=O)O)CCCC(C)CCCC(C)CCCC(C)C. The molecule has 0 bridgehead atoms. The zero-order chi connectivity index (χ0) is 22.4. The van der Waals surface area contributed by atoms with Crippen LogP contribution in [-0.4, -0.2) is 21.8 Å². The smallest absolute Gasteiger partial charge is 0.338 e. The van der Waals surface area contributed by atoms with E-state index >= 15 is 0 Å². The van der Waals surface area contributed by atoms with Crippen molar-refractivity contribution < 1.29 is 9.90 Å². The van der Waals surface area contributed by atoms with E-state index in [0.29, 0.717) is 5.03 Å². The maximum absolute atomic E-state index is 11.2. The number of carboxylic acid groups (broad SMARTS) is 1. The fourth-order valence-corrected chi connectivity index (χ4v) is 4.71. The first-order valence-corrected chi connectivity index (χ1v) is 12.7. The topological polar surface area (TPSA) is 50.2 Å². The van der Waals surface area contributed by atoms with Gasteiger partial charge in [-0.2, -0.15) is 0 Å². The predicted molar refractivity (Wildman–Crippen MR) is 130 cm³/mol. The normalized spacial score (nSPS) is 14.1. The van der Waals surface area contributed by atoms with Gasteiger partial charge in [0, 0.05) is 11.9 Å². The summed E-state index contributed by atoms with van der Waals surface area (Å²) < 4.78 is 0. The van der Waals surface area contributed by atoms with Crippen LogP contribution >= 0.6 is 11.8 Å². The van der Waals surface area contributed by atoms with Crippen molar-refractivity contribution in [2.24, 2.45) is 17.8 Å². The summed E-state index contributed by atoms with van der Waals surface area (Å²) in [5, 5.41) is 9.82. The van der Waals surface area contributed by atoms with E-state index in [1.165, 1.54) is 68.7 Å². The summed E-state index contributed by atoms with van der Waals surface area (Å²) in [5.41, 5.74) is 1.68. The van der Waals surface area contributed by atoms with E-state index in [4.69, 9.17) is 0 Å². The minimum atomic E-state index is -0.912. The van der Waals surface area contributed by atoms with E-state index in [1.54, 1.807) is 18.3 Å². The number of rotatable bonds is 16. The minimum absolute atomic E-state index is 0.289. The van der Waals surface area contributed by atoms with Gasteiger partial charge in [0.05, 0.1) is 5.56 Å². The maximum atomic E-state index is 11.2. The molecule has 0 saturated carbocycles. The molecular weight excluding hydrogens is 390 g/mol. The zero-order valence-electron chi connectivity index (χ0n) is 19.8. The van der Waals surface area contributed by atoms with Crippen molar-refractivity contribution in [2.75, 3.05) is 5.75 Å². The van der Waals surface area contributed by atoms with Crippen LogP contribution < -0.4 is 0 Å². The Morgan fingerprint density at radius 1 is 1.03 bits per heavy atom. The highest BCUT2D eigenvalue weighted by Crippen LogP contribution is 2.23. The third kappa shape index (κ3) is 12.4. The van der Waals surface area contributed by atoms with Crippen molar-refractivity contribution in [3.63, 3.8) is 0 Å². The second-order valence-electron chi connectivity index (χ2n) is 9.38. The molecule has 1 aromatic rings. The van der Waals surface area contributed by atoms with Crippen LogP contribution in [0.2, 0.25) is 0 Å². The Morgan fingerprint density at radius 2 is 1.63 bits per heavy atom. The van der Waals surface area contributed by atoms with Crippen molar-refractivity contribution in [3.8, 4) is 0 Å². The fourth-order valence-electron chi connectivity index (χ4n) is 3.74. The Labute approximate surface area is 189 Å². The summed E-state index contributed by atoms with van der Waals surface area (Å²) in [6.45, 7) is 11.6. The molecule has 0 amide bonds. The Morgan fingerprint density at radius 3 is 2.23 bits per heavy atom. The van der Waals surface area contributed by atoms with Gasteiger partial charge in [-0.15, -0.1) is 11.8 Å². The highest BCUT2D eigenvalue weighted by Gasteiger charge is 2.10. The first-order valence-electron chi connectivity index (χ1n) is 11.8. The van der Waals surface area contributed by atoms with Crippen molar-refractivity contribution >= 4 is 17.7 Å². The third-order valence-electron chi connectivity index (χ3n) is 5.79. The summed E-state index contributed by atoms with van der Waals surface area (Å²) in [6.07, 6.45) is 15.8. The van der Waals surface area contributed by atoms with Gasteiger partial charge in [-0.1, -0.05) is 84.3 Å². The van der Waals surface area contributed by atoms with Crippen LogP contribution in [-0.2, 0) is 0 Å². The standard InChI is InChI=1S/C26H43NO2S/c1-20(2)10-6-11-21(3)12-7-13-22(4)14-8-15-23(5)17-19-30-25-24(26(28)29)16-9-18-27-25/h9,16-18,20-22H,6-8,10-15,19H2,1-5H3,(H,28,29)/b23-17+. The van der Waals surface area contributed by atoms with Crippen LogP contribution in [0.5, 0.6) is 0 Å². The first kappa shape index (κ1) is 26.7. The van der Waals surface area contributed by atoms with E-state index in [0.717, 1.165) is 29.9 Å². The molecule has 1 rings (SSSR count). The minimum Gasteiger partial charge on any atom is -0.478 e. The molecule has 0 aliphatic heterocycles. The molecule has 0 fully saturated rings. The maximum Gasteiger partial charge on any atom is 0.338 e. The quantitative estimate of drug-likeness (QED) is 0.210. The van der Waals surface area contributed by atoms with Gasteiger partial charge in [0.2, 0.25) is 0 Å². The van der Waals surface area contributed by atoms with Crippen molar-refractivity contribution in [2.45, 2.75) is 97.4 Å². The summed E-state index contributed by atoms with van der Waals surface area (Å²) in [4.78, 5) is 15.4. The Balaban J connectivity index is 2.17. The molecule has 0 radical (unpaired) electrons. The Hall–Kier alpha value is -1.29. The predicted octanol–water partition coefficient (Wildman–Crippen LogP) is 8.26. The van der Waals surface area contributed by atoms with E-state index in [2.05, 4.69) is 45.7 Å². The highest BCUT2D eigenvalue weighted by molar-refractivity contribution is 7.99. The van der Waals surface area contributed by atoms with Crippen LogP contribution in [0.4, 0.5) is 0 Å². The largest absolute Gasteiger partial charge is 0.478 e. The van der Waals surface area contributed by atoms with Gasteiger partial charge in [0.1, 0.15) is 5.03 Å². The monoisotopic (exact) mass is 433 g/mol. The highest BCUT2D eigenvalue weighted by atomic mass is 32.2. The van der Waals surface area contributed by atoms with Crippen molar-refractivity contribution in [1.82, 2.24) is 4.98 Å². The van der Waals surface area contributed by atoms with Crippen LogP contribution in [0.3, 0.4) is 0 Å². The number of nitrogens with zero attached hydrogens (tertiary/aromatic N) is 1. The average molecular weight is 434 g/mol. The van der Waals surface area contributed by atoms with Gasteiger partial charge in [0.25, 0.3) is 0 Å². The molecule has 3 nitrogen and oxygen atoms in total. The lowest BCUT2D eigenvalue weighted by Gasteiger charge is -2.15. The van der Waals surface area contributed by atoms with Crippen molar-refractivity contribution in [1.29, 1.82) is 0 Å². The summed E-state index contributed by atoms with van der Waals surface area (Å²) >= 11 is 1.50. The van der Waals surface area contributed by atoms with E-state index < -0.39 is 5.97 Å². The lowest BCUT2D eigenvalue weighted by Crippen LogP contribution is -2.00. The van der Waals surface area contributed by atoms with Crippen LogP contribution in [0.1, 0.15) is 103 Å². The Bertz CT molecular complexity index is 642. The summed E-state index contributed by atoms with van der Waals surface area (Å²) in [6, 6.07) is 3.28. The van der Waals surface area contributed by atoms with E-state index in [1.807, 2.05) is 0 Å². The molecule has 170 valence electrons. The number of aromatic carboxylic acids is 1. The lowest BCUT2D eigenvalue weighted by atomic mass is 9.91. The van der Waals surface area contributed by atoms with Crippen LogP contribution in [0.15, 0.2) is 35.0 Å². The van der Waals surface area contributed by atoms with Gasteiger partial charge in [-0.25, -0.2) is 9.78 Å². The second-order valence-corrected chi connectivity index (χ2v) is 10.4. The van der Waals surface area contributed by atoms with Crippen molar-refractivity contribution in [3.05, 3.63) is 35.5 Å². The molecule has 2 atom stereocenters. The molecule has 0 saturated heterocycles. The summed E-state index contributed by atoms with van der Waals surface area (Å²) in [7, 11) is 0. The molecule has 0 aromatic carbocycles. The van der Waals surface area contributed by atoms with Crippen LogP contribution in [0, 0.1) is 17.8 Å².